The van der Waals surface area contributed by atoms with Crippen LogP contribution in [0, 0.1) is 12.7 Å². The van der Waals surface area contributed by atoms with Gasteiger partial charge in [-0.05, 0) is 69.7 Å². The Morgan fingerprint density at radius 2 is 1.49 bits per heavy atom. The van der Waals surface area contributed by atoms with Crippen molar-refractivity contribution in [1.29, 1.82) is 0 Å². The van der Waals surface area contributed by atoms with Crippen LogP contribution in [0.1, 0.15) is 31.9 Å². The summed E-state index contributed by atoms with van der Waals surface area (Å²) in [6.45, 7) is 6.78. The van der Waals surface area contributed by atoms with Crippen molar-refractivity contribution in [1.82, 2.24) is 10.2 Å². The predicted molar refractivity (Wildman–Crippen MR) is 142 cm³/mol. The fourth-order valence-corrected chi connectivity index (χ4v) is 5.15. The molecule has 3 aromatic carbocycles. The summed E-state index contributed by atoms with van der Waals surface area (Å²) in [5.74, 6) is -1.47. The zero-order valence-corrected chi connectivity index (χ0v) is 22.2. The highest BCUT2D eigenvalue weighted by molar-refractivity contribution is 7.92. The maximum atomic E-state index is 13.7. The van der Waals surface area contributed by atoms with Gasteiger partial charge in [0, 0.05) is 12.6 Å². The predicted octanol–water partition coefficient (Wildman–Crippen LogP) is 4.27. The van der Waals surface area contributed by atoms with Crippen molar-refractivity contribution < 1.29 is 22.4 Å². The fourth-order valence-electron chi connectivity index (χ4n) is 3.73. The van der Waals surface area contributed by atoms with Crippen molar-refractivity contribution in [3.63, 3.8) is 0 Å². The molecule has 0 fully saturated rings. The molecule has 1 atom stereocenters. The molecule has 0 saturated carbocycles. The van der Waals surface area contributed by atoms with Crippen LogP contribution in [-0.2, 0) is 26.2 Å². The molecule has 0 radical (unpaired) electrons. The first-order chi connectivity index (χ1) is 17.5. The van der Waals surface area contributed by atoms with E-state index >= 15 is 0 Å². The molecule has 0 saturated heterocycles. The summed E-state index contributed by atoms with van der Waals surface area (Å²) in [5, 5.41) is 2.82. The number of halogens is 1. The molecule has 3 aromatic rings. The quantitative estimate of drug-likeness (QED) is 0.428. The van der Waals surface area contributed by atoms with Crippen LogP contribution in [0.15, 0.2) is 83.8 Å². The molecule has 0 aliphatic carbocycles. The molecule has 0 spiro atoms. The number of para-hydroxylation sites is 1. The SMILES string of the molecule is Cc1ccc(CN(C(=O)CN(c2ccccc2)S(=O)(=O)c2ccc(F)cc2)[C@H](C)C(=O)NC(C)C)cc1. The fraction of sp³-hybridized carbons (Fsp3) is 0.286. The van der Waals surface area contributed by atoms with Crippen molar-refractivity contribution in [2.45, 2.75) is 51.2 Å². The Hall–Kier alpha value is -3.72. The number of nitrogens with zero attached hydrogens (tertiary/aromatic N) is 2. The zero-order chi connectivity index (χ0) is 27.2. The van der Waals surface area contributed by atoms with E-state index in [9.17, 15) is 22.4 Å². The number of rotatable bonds is 10. The number of nitrogens with one attached hydrogen (secondary N) is 1. The summed E-state index contributed by atoms with van der Waals surface area (Å²) >= 11 is 0. The number of sulfonamides is 1. The maximum Gasteiger partial charge on any atom is 0.264 e. The average molecular weight is 526 g/mol. The van der Waals surface area contributed by atoms with Gasteiger partial charge in [0.2, 0.25) is 11.8 Å². The monoisotopic (exact) mass is 525 g/mol. The van der Waals surface area contributed by atoms with E-state index in [2.05, 4.69) is 5.32 Å². The molecule has 1 N–H and O–H groups in total. The number of amides is 2. The lowest BCUT2D eigenvalue weighted by atomic mass is 10.1. The van der Waals surface area contributed by atoms with Gasteiger partial charge in [0.05, 0.1) is 10.6 Å². The van der Waals surface area contributed by atoms with Crippen LogP contribution in [0.5, 0.6) is 0 Å². The number of aryl methyl sites for hydroxylation is 1. The van der Waals surface area contributed by atoms with Crippen LogP contribution >= 0.6 is 0 Å². The lowest BCUT2D eigenvalue weighted by Gasteiger charge is -2.32. The largest absolute Gasteiger partial charge is 0.352 e. The highest BCUT2D eigenvalue weighted by atomic mass is 32.2. The van der Waals surface area contributed by atoms with Crippen molar-refractivity contribution in [3.8, 4) is 0 Å². The zero-order valence-electron chi connectivity index (χ0n) is 21.4. The molecular weight excluding hydrogens is 493 g/mol. The third kappa shape index (κ3) is 7.16. The molecule has 0 aliphatic rings. The topological polar surface area (TPSA) is 86.8 Å². The molecule has 9 heteroatoms. The Labute approximate surface area is 218 Å². The summed E-state index contributed by atoms with van der Waals surface area (Å²) in [4.78, 5) is 27.8. The van der Waals surface area contributed by atoms with Gasteiger partial charge >= 0.3 is 0 Å². The standard InChI is InChI=1S/C28H32FN3O4S/c1-20(2)30-28(34)22(4)31(18-23-12-10-21(3)11-13-23)27(33)19-32(25-8-6-5-7-9-25)37(35,36)26-16-14-24(29)15-17-26/h5-17,20,22H,18-19H2,1-4H3,(H,30,34)/t22-/m1/s1. The lowest BCUT2D eigenvalue weighted by Crippen LogP contribution is -2.52. The number of hydrogen-bond donors (Lipinski definition) is 1. The summed E-state index contributed by atoms with van der Waals surface area (Å²) in [7, 11) is -4.22. The van der Waals surface area contributed by atoms with Gasteiger partial charge in [-0.25, -0.2) is 12.8 Å². The number of carbonyl (C=O) groups excluding carboxylic acids is 2. The smallest absolute Gasteiger partial charge is 0.264 e. The van der Waals surface area contributed by atoms with Crippen LogP contribution in [0.3, 0.4) is 0 Å². The number of carbonyl (C=O) groups is 2. The summed E-state index contributed by atoms with van der Waals surface area (Å²) in [5.41, 5.74) is 2.12. The molecule has 0 unspecified atom stereocenters. The van der Waals surface area contributed by atoms with Gasteiger partial charge in [-0.15, -0.1) is 0 Å². The van der Waals surface area contributed by atoms with E-state index in [1.54, 1.807) is 37.3 Å². The lowest BCUT2D eigenvalue weighted by molar-refractivity contribution is -0.139. The Kier molecular flexibility index (Phi) is 9.04. The van der Waals surface area contributed by atoms with E-state index in [1.807, 2.05) is 45.0 Å². The van der Waals surface area contributed by atoms with Crippen LogP contribution in [0.4, 0.5) is 10.1 Å². The van der Waals surface area contributed by atoms with Gasteiger partial charge in [0.1, 0.15) is 18.4 Å². The minimum Gasteiger partial charge on any atom is -0.352 e. The van der Waals surface area contributed by atoms with E-state index in [0.29, 0.717) is 0 Å². The Bertz CT molecular complexity index is 1310. The Morgan fingerprint density at radius 1 is 0.892 bits per heavy atom. The Balaban J connectivity index is 1.99. The van der Waals surface area contributed by atoms with Crippen LogP contribution in [-0.4, -0.2) is 43.8 Å². The van der Waals surface area contributed by atoms with Crippen LogP contribution in [0.2, 0.25) is 0 Å². The third-order valence-corrected chi connectivity index (χ3v) is 7.58. The molecule has 0 bridgehead atoms. The summed E-state index contributed by atoms with van der Waals surface area (Å²) < 4.78 is 41.7. The van der Waals surface area contributed by atoms with Crippen molar-refractivity contribution in [2.24, 2.45) is 0 Å². The first-order valence-electron chi connectivity index (χ1n) is 12.0. The maximum absolute atomic E-state index is 13.7. The molecule has 37 heavy (non-hydrogen) atoms. The van der Waals surface area contributed by atoms with E-state index in [0.717, 1.165) is 39.7 Å². The van der Waals surface area contributed by atoms with Crippen molar-refractivity contribution in [3.05, 3.63) is 95.8 Å². The second kappa shape index (κ2) is 12.0. The average Bonchev–Trinajstić information content (AvgIpc) is 2.86. The molecule has 3 rings (SSSR count). The first-order valence-corrected chi connectivity index (χ1v) is 13.4. The van der Waals surface area contributed by atoms with E-state index < -0.39 is 34.3 Å². The third-order valence-electron chi connectivity index (χ3n) is 5.80. The summed E-state index contributed by atoms with van der Waals surface area (Å²) in [6.07, 6.45) is 0. The van der Waals surface area contributed by atoms with Gasteiger partial charge in [-0.3, -0.25) is 13.9 Å². The van der Waals surface area contributed by atoms with E-state index in [4.69, 9.17) is 0 Å². The molecule has 0 heterocycles. The van der Waals surface area contributed by atoms with Gasteiger partial charge in [0.15, 0.2) is 0 Å². The van der Waals surface area contributed by atoms with Crippen LogP contribution < -0.4 is 9.62 Å². The normalized spacial score (nSPS) is 12.2. The highest BCUT2D eigenvalue weighted by Crippen LogP contribution is 2.24. The molecule has 7 nitrogen and oxygen atoms in total. The molecular formula is C28H32FN3O4S. The number of anilines is 1. The van der Waals surface area contributed by atoms with Gasteiger partial charge in [0.25, 0.3) is 10.0 Å². The number of hydrogen-bond acceptors (Lipinski definition) is 4. The molecule has 196 valence electrons. The second-order valence-corrected chi connectivity index (χ2v) is 11.0. The van der Waals surface area contributed by atoms with Crippen LogP contribution in [0.25, 0.3) is 0 Å². The van der Waals surface area contributed by atoms with Crippen molar-refractivity contribution in [2.75, 3.05) is 10.8 Å². The summed E-state index contributed by atoms with van der Waals surface area (Å²) in [6, 6.07) is 19.2. The molecule has 0 aromatic heterocycles. The van der Waals surface area contributed by atoms with Crippen molar-refractivity contribution >= 4 is 27.5 Å². The number of benzene rings is 3. The van der Waals surface area contributed by atoms with E-state index in [1.165, 1.54) is 4.90 Å². The minimum absolute atomic E-state index is 0.116. The molecule has 2 amide bonds. The Morgan fingerprint density at radius 3 is 2.05 bits per heavy atom. The highest BCUT2D eigenvalue weighted by Gasteiger charge is 2.32. The minimum atomic E-state index is -4.22. The van der Waals surface area contributed by atoms with Gasteiger partial charge in [-0.2, -0.15) is 0 Å². The first kappa shape index (κ1) is 27.9. The van der Waals surface area contributed by atoms with Gasteiger partial charge < -0.3 is 10.2 Å². The van der Waals surface area contributed by atoms with E-state index in [-0.39, 0.29) is 29.1 Å². The molecule has 0 aliphatic heterocycles. The second-order valence-electron chi connectivity index (χ2n) is 9.15. The van der Waals surface area contributed by atoms with Gasteiger partial charge in [-0.1, -0.05) is 48.0 Å².